The molecule has 2 N–H and O–H groups in total. The summed E-state index contributed by atoms with van der Waals surface area (Å²) in [6, 6.07) is 0. The first-order chi connectivity index (χ1) is 12.5. The fourth-order valence-corrected chi connectivity index (χ4v) is 7.36. The Balaban J connectivity index is 1.45. The zero-order valence-corrected chi connectivity index (χ0v) is 16.1. The van der Waals surface area contributed by atoms with E-state index in [9.17, 15) is 4.79 Å². The number of allylic oxidation sites excluding steroid dienone is 2. The van der Waals surface area contributed by atoms with Gasteiger partial charge in [0.15, 0.2) is 5.82 Å². The molecule has 2 heterocycles. The highest BCUT2D eigenvalue weighted by Gasteiger charge is 2.59. The van der Waals surface area contributed by atoms with Gasteiger partial charge in [0.25, 0.3) is 0 Å². The van der Waals surface area contributed by atoms with Crippen molar-refractivity contribution in [2.24, 2.45) is 34.5 Å². The Hall–Kier alpha value is -1.58. The first-order valence-electron chi connectivity index (χ1n) is 10.5. The van der Waals surface area contributed by atoms with Crippen LogP contribution in [-0.2, 0) is 0 Å². The summed E-state index contributed by atoms with van der Waals surface area (Å²) in [5, 5.41) is 3.70. The van der Waals surface area contributed by atoms with E-state index in [0.29, 0.717) is 17.2 Å². The number of fused-ring (bicyclic) bond motifs is 5. The van der Waals surface area contributed by atoms with Gasteiger partial charge in [-0.05, 0) is 68.1 Å². The molecule has 2 saturated carbocycles. The number of H-pyrrole nitrogens is 1. The fraction of sp³-hybridized carbons (Fsp3) is 0.727. The molecule has 4 heteroatoms. The highest BCUT2D eigenvalue weighted by atomic mass is 16.1. The summed E-state index contributed by atoms with van der Waals surface area (Å²) in [5.41, 5.74) is 2.01. The van der Waals surface area contributed by atoms with Gasteiger partial charge in [-0.15, -0.1) is 0 Å². The Labute approximate surface area is 156 Å². The Bertz CT molecular complexity index is 739. The van der Waals surface area contributed by atoms with Crippen LogP contribution in [0.2, 0.25) is 0 Å². The van der Waals surface area contributed by atoms with Crippen LogP contribution in [0.15, 0.2) is 24.2 Å². The largest absolute Gasteiger partial charge is 0.388 e. The number of aromatic amines is 1. The molecule has 0 spiro atoms. The average molecular weight is 354 g/mol. The first-order valence-corrected chi connectivity index (χ1v) is 10.5. The van der Waals surface area contributed by atoms with Crippen LogP contribution in [0, 0.1) is 34.5 Å². The monoisotopic (exact) mass is 353 g/mol. The molecule has 0 amide bonds. The van der Waals surface area contributed by atoms with Crippen molar-refractivity contribution in [3.8, 4) is 0 Å². The smallest absolute Gasteiger partial charge is 0.201 e. The number of ketones is 1. The quantitative estimate of drug-likeness (QED) is 0.778. The maximum atomic E-state index is 13.1. The molecule has 0 bridgehead atoms. The molecule has 4 nitrogen and oxygen atoms in total. The van der Waals surface area contributed by atoms with Gasteiger partial charge < -0.3 is 10.3 Å². The topological polar surface area (TPSA) is 57.8 Å². The third-order valence-corrected chi connectivity index (χ3v) is 8.70. The third-order valence-electron chi connectivity index (χ3n) is 8.70. The molecule has 1 aromatic rings. The van der Waals surface area contributed by atoms with Crippen molar-refractivity contribution in [1.82, 2.24) is 15.3 Å². The maximum Gasteiger partial charge on any atom is 0.201 e. The number of hydrogen-bond donors (Lipinski definition) is 2. The number of imidazole rings is 1. The third kappa shape index (κ3) is 2.13. The minimum atomic E-state index is 0.141. The number of rotatable bonds is 2. The Morgan fingerprint density at radius 2 is 2.08 bits per heavy atom. The van der Waals surface area contributed by atoms with E-state index in [1.165, 1.54) is 44.2 Å². The van der Waals surface area contributed by atoms with E-state index < -0.39 is 0 Å². The van der Waals surface area contributed by atoms with Crippen LogP contribution < -0.4 is 5.32 Å². The van der Waals surface area contributed by atoms with E-state index in [2.05, 4.69) is 35.2 Å². The van der Waals surface area contributed by atoms with Gasteiger partial charge in [-0.2, -0.15) is 0 Å². The number of hydrogen-bond acceptors (Lipinski definition) is 3. The van der Waals surface area contributed by atoms with Gasteiger partial charge >= 0.3 is 0 Å². The molecule has 4 unspecified atom stereocenters. The zero-order chi connectivity index (χ0) is 17.9. The SMILES string of the molecule is C[C@]12CCC3C(CC=C4NCCC[C@@]43C)C1CCC2C(=O)c1ncc[nH]1. The van der Waals surface area contributed by atoms with Gasteiger partial charge in [0, 0.05) is 36.0 Å². The zero-order valence-electron chi connectivity index (χ0n) is 16.1. The molecule has 0 radical (unpaired) electrons. The van der Waals surface area contributed by atoms with E-state index in [-0.39, 0.29) is 17.1 Å². The second-order valence-electron chi connectivity index (χ2n) is 9.65. The molecule has 140 valence electrons. The second kappa shape index (κ2) is 5.71. The number of nitrogens with one attached hydrogen (secondary N) is 2. The normalized spacial score (nSPS) is 44.3. The molecule has 3 aliphatic carbocycles. The van der Waals surface area contributed by atoms with Crippen LogP contribution in [0.3, 0.4) is 0 Å². The summed E-state index contributed by atoms with van der Waals surface area (Å²) in [7, 11) is 0. The lowest BCUT2D eigenvalue weighted by molar-refractivity contribution is -0.0381. The summed E-state index contributed by atoms with van der Waals surface area (Å²) in [6.07, 6.45) is 14.5. The van der Waals surface area contributed by atoms with Gasteiger partial charge in [-0.25, -0.2) is 4.98 Å². The van der Waals surface area contributed by atoms with Crippen LogP contribution >= 0.6 is 0 Å². The minimum Gasteiger partial charge on any atom is -0.388 e. The van der Waals surface area contributed by atoms with Gasteiger partial charge in [-0.1, -0.05) is 19.9 Å². The number of carbonyl (C=O) groups excluding carboxylic acids is 1. The van der Waals surface area contributed by atoms with Crippen molar-refractivity contribution in [1.29, 1.82) is 0 Å². The lowest BCUT2D eigenvalue weighted by atomic mass is 9.49. The van der Waals surface area contributed by atoms with Crippen molar-refractivity contribution in [3.05, 3.63) is 30.0 Å². The van der Waals surface area contributed by atoms with Crippen molar-refractivity contribution >= 4 is 5.78 Å². The van der Waals surface area contributed by atoms with Gasteiger partial charge in [0.1, 0.15) is 0 Å². The van der Waals surface area contributed by atoms with E-state index in [4.69, 9.17) is 0 Å². The Kier molecular flexibility index (Phi) is 3.64. The highest BCUT2D eigenvalue weighted by molar-refractivity contribution is 5.95. The summed E-state index contributed by atoms with van der Waals surface area (Å²) in [6.45, 7) is 6.05. The summed E-state index contributed by atoms with van der Waals surface area (Å²) < 4.78 is 0. The molecule has 1 saturated heterocycles. The maximum absolute atomic E-state index is 13.1. The van der Waals surface area contributed by atoms with E-state index in [1.807, 2.05) is 0 Å². The lowest BCUT2D eigenvalue weighted by Crippen LogP contribution is -2.52. The number of piperidine rings is 1. The van der Waals surface area contributed by atoms with E-state index in [0.717, 1.165) is 24.8 Å². The molecule has 1 aliphatic heterocycles. The summed E-state index contributed by atoms with van der Waals surface area (Å²) in [4.78, 5) is 20.4. The molecule has 5 rings (SSSR count). The molecule has 4 aliphatic rings. The van der Waals surface area contributed by atoms with Crippen LogP contribution in [0.4, 0.5) is 0 Å². The van der Waals surface area contributed by atoms with Gasteiger partial charge in [0.2, 0.25) is 5.78 Å². The Morgan fingerprint density at radius 3 is 2.88 bits per heavy atom. The highest BCUT2D eigenvalue weighted by Crippen LogP contribution is 2.65. The predicted molar refractivity (Wildman–Crippen MR) is 101 cm³/mol. The predicted octanol–water partition coefficient (Wildman–Crippen LogP) is 4.33. The van der Waals surface area contributed by atoms with Crippen molar-refractivity contribution < 1.29 is 4.79 Å². The number of carbonyl (C=O) groups is 1. The van der Waals surface area contributed by atoms with Crippen LogP contribution in [0.25, 0.3) is 0 Å². The van der Waals surface area contributed by atoms with Crippen LogP contribution in [0.1, 0.15) is 69.4 Å². The minimum absolute atomic E-state index is 0.141. The number of aromatic nitrogens is 2. The van der Waals surface area contributed by atoms with Gasteiger partial charge in [-0.3, -0.25) is 4.79 Å². The van der Waals surface area contributed by atoms with Crippen LogP contribution in [-0.4, -0.2) is 22.3 Å². The molecule has 3 fully saturated rings. The molecule has 0 aromatic carbocycles. The Morgan fingerprint density at radius 1 is 1.19 bits per heavy atom. The lowest BCUT2D eigenvalue weighted by Gasteiger charge is -2.57. The van der Waals surface area contributed by atoms with Crippen LogP contribution in [0.5, 0.6) is 0 Å². The van der Waals surface area contributed by atoms with E-state index >= 15 is 0 Å². The molecular formula is C22H31N3O. The molecule has 1 aromatic heterocycles. The average Bonchev–Trinajstić information content (AvgIpc) is 3.28. The first kappa shape index (κ1) is 16.6. The number of Topliss-reactive ketones (excluding diaryl/α,β-unsaturated/α-hetero) is 1. The van der Waals surface area contributed by atoms with Crippen molar-refractivity contribution in [2.45, 2.75) is 58.8 Å². The second-order valence-corrected chi connectivity index (χ2v) is 9.65. The van der Waals surface area contributed by atoms with Crippen molar-refractivity contribution in [2.75, 3.05) is 6.54 Å². The number of nitrogens with zero attached hydrogens (tertiary/aromatic N) is 1. The molecular weight excluding hydrogens is 322 g/mol. The van der Waals surface area contributed by atoms with Gasteiger partial charge in [0.05, 0.1) is 0 Å². The summed E-state index contributed by atoms with van der Waals surface area (Å²) >= 11 is 0. The fourth-order valence-electron chi connectivity index (χ4n) is 7.36. The molecule has 26 heavy (non-hydrogen) atoms. The van der Waals surface area contributed by atoms with Crippen molar-refractivity contribution in [3.63, 3.8) is 0 Å². The molecule has 6 atom stereocenters. The standard InChI is InChI=1S/C22H31N3O/c1-21-10-8-16-14(4-7-18-22(16,2)9-3-11-23-18)15(21)5-6-17(21)19(26)20-24-12-13-25-20/h7,12-17,23H,3-6,8-11H2,1-2H3,(H,24,25)/t14?,15?,16?,17?,21-,22+/m0/s1. The summed E-state index contributed by atoms with van der Waals surface area (Å²) in [5.74, 6) is 3.16. The van der Waals surface area contributed by atoms with E-state index in [1.54, 1.807) is 12.4 Å².